The molecule has 1 unspecified atom stereocenters. The van der Waals surface area contributed by atoms with Crippen LogP contribution in [0.1, 0.15) is 26.2 Å². The molecule has 0 saturated carbocycles. The third-order valence-electron chi connectivity index (χ3n) is 2.34. The van der Waals surface area contributed by atoms with E-state index in [4.69, 9.17) is 4.74 Å². The Morgan fingerprint density at radius 2 is 2.50 bits per heavy atom. The molecule has 14 heavy (non-hydrogen) atoms. The van der Waals surface area contributed by atoms with Crippen LogP contribution in [0, 0.1) is 0 Å². The highest BCUT2D eigenvalue weighted by atomic mass is 16.5. The monoisotopic (exact) mass is 199 g/mol. The fraction of sp³-hybridized carbons (Fsp3) is 0.818. The van der Waals surface area contributed by atoms with Gasteiger partial charge in [-0.25, -0.2) is 0 Å². The molecule has 82 valence electrons. The topological polar surface area (TPSA) is 41.5 Å². The Bertz CT molecular complexity index is 180. The van der Waals surface area contributed by atoms with E-state index in [1.165, 1.54) is 5.57 Å². The molecule has 1 rings (SSSR count). The van der Waals surface area contributed by atoms with Gasteiger partial charge in [-0.3, -0.25) is 0 Å². The molecule has 0 amide bonds. The van der Waals surface area contributed by atoms with Crippen molar-refractivity contribution < 1.29 is 9.84 Å². The first-order chi connectivity index (χ1) is 6.83. The van der Waals surface area contributed by atoms with E-state index in [1.807, 2.05) is 0 Å². The molecule has 3 heteroatoms. The molecule has 0 aromatic carbocycles. The van der Waals surface area contributed by atoms with Crippen molar-refractivity contribution in [3.63, 3.8) is 0 Å². The van der Waals surface area contributed by atoms with Crippen molar-refractivity contribution in [1.29, 1.82) is 0 Å². The van der Waals surface area contributed by atoms with Crippen LogP contribution in [0.3, 0.4) is 0 Å². The molecule has 3 nitrogen and oxygen atoms in total. The molecule has 2 N–H and O–H groups in total. The van der Waals surface area contributed by atoms with Crippen LogP contribution >= 0.6 is 0 Å². The minimum atomic E-state index is -0.204. The van der Waals surface area contributed by atoms with Gasteiger partial charge in [0.15, 0.2) is 0 Å². The predicted molar refractivity (Wildman–Crippen MR) is 57.3 cm³/mol. The average molecular weight is 199 g/mol. The standard InChI is InChI=1S/C11H21NO2/c1-2-4-11(13)8-12-7-10-5-3-6-14-9-10/h5,11-13H,2-4,6-9H2,1H3. The Morgan fingerprint density at radius 1 is 1.64 bits per heavy atom. The summed E-state index contributed by atoms with van der Waals surface area (Å²) in [5.74, 6) is 0. The first-order valence-electron chi connectivity index (χ1n) is 5.47. The number of hydrogen-bond donors (Lipinski definition) is 2. The van der Waals surface area contributed by atoms with Crippen LogP contribution in [-0.2, 0) is 4.74 Å². The van der Waals surface area contributed by atoms with E-state index in [0.29, 0.717) is 6.54 Å². The van der Waals surface area contributed by atoms with Gasteiger partial charge in [0.1, 0.15) is 0 Å². The summed E-state index contributed by atoms with van der Waals surface area (Å²) in [5.41, 5.74) is 1.31. The van der Waals surface area contributed by atoms with Crippen LogP contribution < -0.4 is 5.32 Å². The summed E-state index contributed by atoms with van der Waals surface area (Å²) >= 11 is 0. The minimum absolute atomic E-state index is 0.204. The summed E-state index contributed by atoms with van der Waals surface area (Å²) in [5, 5.41) is 12.7. The van der Waals surface area contributed by atoms with Crippen molar-refractivity contribution in [2.24, 2.45) is 0 Å². The third kappa shape index (κ3) is 4.74. The Morgan fingerprint density at radius 3 is 3.14 bits per heavy atom. The maximum Gasteiger partial charge on any atom is 0.0689 e. The zero-order valence-corrected chi connectivity index (χ0v) is 8.96. The van der Waals surface area contributed by atoms with Crippen molar-refractivity contribution in [2.45, 2.75) is 32.3 Å². The van der Waals surface area contributed by atoms with E-state index in [2.05, 4.69) is 18.3 Å². The highest BCUT2D eigenvalue weighted by Crippen LogP contribution is 2.04. The summed E-state index contributed by atoms with van der Waals surface area (Å²) in [6, 6.07) is 0. The fourth-order valence-corrected chi connectivity index (χ4v) is 1.57. The van der Waals surface area contributed by atoms with Gasteiger partial charge in [-0.15, -0.1) is 0 Å². The molecular formula is C11H21NO2. The molecule has 0 saturated heterocycles. The predicted octanol–water partition coefficient (Wildman–Crippen LogP) is 1.08. The molecule has 0 aliphatic carbocycles. The normalized spacial score (nSPS) is 19.1. The zero-order valence-electron chi connectivity index (χ0n) is 8.96. The second kappa shape index (κ2) is 6.98. The lowest BCUT2D eigenvalue weighted by Crippen LogP contribution is -2.29. The molecular weight excluding hydrogens is 178 g/mol. The number of hydrogen-bond acceptors (Lipinski definition) is 3. The quantitative estimate of drug-likeness (QED) is 0.629. The van der Waals surface area contributed by atoms with Crippen LogP contribution in [0.5, 0.6) is 0 Å². The van der Waals surface area contributed by atoms with Gasteiger partial charge in [0, 0.05) is 13.1 Å². The maximum atomic E-state index is 9.47. The molecule has 0 aromatic heterocycles. The molecule has 0 radical (unpaired) electrons. The van der Waals surface area contributed by atoms with Crippen LogP contribution in [0.15, 0.2) is 11.6 Å². The summed E-state index contributed by atoms with van der Waals surface area (Å²) in [7, 11) is 0. The van der Waals surface area contributed by atoms with Crippen molar-refractivity contribution in [3.05, 3.63) is 11.6 Å². The highest BCUT2D eigenvalue weighted by molar-refractivity contribution is 5.06. The molecule has 0 bridgehead atoms. The van der Waals surface area contributed by atoms with E-state index < -0.39 is 0 Å². The van der Waals surface area contributed by atoms with E-state index in [9.17, 15) is 5.11 Å². The van der Waals surface area contributed by atoms with E-state index >= 15 is 0 Å². The Kier molecular flexibility index (Phi) is 5.83. The Balaban J connectivity index is 2.05. The van der Waals surface area contributed by atoms with Gasteiger partial charge >= 0.3 is 0 Å². The molecule has 0 spiro atoms. The van der Waals surface area contributed by atoms with Gasteiger partial charge in [-0.05, 0) is 18.4 Å². The number of aliphatic hydroxyl groups excluding tert-OH is 1. The summed E-state index contributed by atoms with van der Waals surface area (Å²) in [6.07, 6.45) is 4.96. The summed E-state index contributed by atoms with van der Waals surface area (Å²) in [4.78, 5) is 0. The summed E-state index contributed by atoms with van der Waals surface area (Å²) in [6.45, 7) is 5.21. The van der Waals surface area contributed by atoms with E-state index in [0.717, 1.165) is 39.0 Å². The van der Waals surface area contributed by atoms with Crippen molar-refractivity contribution in [2.75, 3.05) is 26.3 Å². The van der Waals surface area contributed by atoms with E-state index in [-0.39, 0.29) is 6.10 Å². The Hall–Kier alpha value is -0.380. The van der Waals surface area contributed by atoms with Crippen LogP contribution in [0.25, 0.3) is 0 Å². The largest absolute Gasteiger partial charge is 0.392 e. The molecule has 0 aromatic rings. The number of aliphatic hydroxyl groups is 1. The molecule has 1 aliphatic rings. The van der Waals surface area contributed by atoms with Crippen molar-refractivity contribution in [3.8, 4) is 0 Å². The van der Waals surface area contributed by atoms with Gasteiger partial charge in [0.25, 0.3) is 0 Å². The van der Waals surface area contributed by atoms with Gasteiger partial charge in [0.05, 0.1) is 19.3 Å². The lowest BCUT2D eigenvalue weighted by Gasteiger charge is -2.15. The second-order valence-corrected chi connectivity index (χ2v) is 3.78. The van der Waals surface area contributed by atoms with Gasteiger partial charge < -0.3 is 15.2 Å². The molecule has 1 atom stereocenters. The smallest absolute Gasteiger partial charge is 0.0689 e. The van der Waals surface area contributed by atoms with Gasteiger partial charge in [-0.2, -0.15) is 0 Å². The first kappa shape index (κ1) is 11.7. The van der Waals surface area contributed by atoms with Gasteiger partial charge in [0.2, 0.25) is 0 Å². The number of nitrogens with one attached hydrogen (secondary N) is 1. The first-order valence-corrected chi connectivity index (χ1v) is 5.47. The van der Waals surface area contributed by atoms with Crippen LogP contribution in [0.4, 0.5) is 0 Å². The molecule has 1 heterocycles. The highest BCUT2D eigenvalue weighted by Gasteiger charge is 2.05. The maximum absolute atomic E-state index is 9.47. The Labute approximate surface area is 86.2 Å². The minimum Gasteiger partial charge on any atom is -0.392 e. The van der Waals surface area contributed by atoms with Crippen molar-refractivity contribution in [1.82, 2.24) is 5.32 Å². The fourth-order valence-electron chi connectivity index (χ4n) is 1.57. The SMILES string of the molecule is CCCC(O)CNCC1=CCCOC1. The lowest BCUT2D eigenvalue weighted by molar-refractivity contribution is 0.144. The number of rotatable bonds is 6. The molecule has 0 fully saturated rings. The van der Waals surface area contributed by atoms with E-state index in [1.54, 1.807) is 0 Å². The summed E-state index contributed by atoms with van der Waals surface area (Å²) < 4.78 is 5.32. The van der Waals surface area contributed by atoms with Crippen LogP contribution in [0.2, 0.25) is 0 Å². The van der Waals surface area contributed by atoms with Crippen LogP contribution in [-0.4, -0.2) is 37.5 Å². The van der Waals surface area contributed by atoms with Gasteiger partial charge in [-0.1, -0.05) is 19.4 Å². The number of ether oxygens (including phenoxy) is 1. The average Bonchev–Trinajstić information content (AvgIpc) is 2.20. The lowest BCUT2D eigenvalue weighted by atomic mass is 10.2. The zero-order chi connectivity index (χ0) is 10.2. The molecule has 1 aliphatic heterocycles. The van der Waals surface area contributed by atoms with Crippen molar-refractivity contribution >= 4 is 0 Å². The third-order valence-corrected chi connectivity index (χ3v) is 2.34. The second-order valence-electron chi connectivity index (χ2n) is 3.78.